The summed E-state index contributed by atoms with van der Waals surface area (Å²) in [6, 6.07) is 0. The number of aromatic amines is 1. The molecular weight excluding hydrogens is 220 g/mol. The highest BCUT2D eigenvalue weighted by Gasteiger charge is 2.05. The van der Waals surface area contributed by atoms with E-state index in [2.05, 4.69) is 20.3 Å². The number of hydrogen-bond donors (Lipinski definition) is 3. The van der Waals surface area contributed by atoms with Crippen molar-refractivity contribution in [3.8, 4) is 0 Å². The minimum absolute atomic E-state index is 0.111. The van der Waals surface area contributed by atoms with Crippen LogP contribution in [0, 0.1) is 0 Å². The number of fused-ring (bicyclic) bond motifs is 1. The van der Waals surface area contributed by atoms with E-state index in [4.69, 9.17) is 16.7 Å². The first kappa shape index (κ1) is 9.72. The summed E-state index contributed by atoms with van der Waals surface area (Å²) in [5.74, 6) is 0. The van der Waals surface area contributed by atoms with Crippen molar-refractivity contribution in [2.24, 2.45) is 0 Å². The van der Waals surface area contributed by atoms with Crippen molar-refractivity contribution in [3.63, 3.8) is 0 Å². The fraction of sp³-hybridized carbons (Fsp3) is 0.125. The third kappa shape index (κ3) is 1.99. The van der Waals surface area contributed by atoms with E-state index in [0.29, 0.717) is 21.9 Å². The highest BCUT2D eigenvalue weighted by atomic mass is 35.5. The molecule has 1 amide bonds. The predicted molar refractivity (Wildman–Crippen MR) is 53.8 cm³/mol. The average molecular weight is 227 g/mol. The molecule has 0 aliphatic rings. The van der Waals surface area contributed by atoms with Crippen molar-refractivity contribution in [2.75, 3.05) is 0 Å². The van der Waals surface area contributed by atoms with Crippen LogP contribution in [-0.2, 0) is 6.54 Å². The van der Waals surface area contributed by atoms with E-state index in [1.54, 1.807) is 6.20 Å². The molecule has 2 aromatic rings. The van der Waals surface area contributed by atoms with Crippen LogP contribution < -0.4 is 5.32 Å². The highest BCUT2D eigenvalue weighted by Crippen LogP contribution is 2.18. The first-order chi connectivity index (χ1) is 7.16. The van der Waals surface area contributed by atoms with Crippen LogP contribution in [0.4, 0.5) is 4.79 Å². The van der Waals surface area contributed by atoms with Crippen LogP contribution in [0.15, 0.2) is 12.4 Å². The van der Waals surface area contributed by atoms with Gasteiger partial charge in [-0.3, -0.25) is 0 Å². The summed E-state index contributed by atoms with van der Waals surface area (Å²) in [4.78, 5) is 21.3. The first-order valence-electron chi connectivity index (χ1n) is 4.12. The van der Waals surface area contributed by atoms with E-state index in [1.165, 1.54) is 6.20 Å². The lowest BCUT2D eigenvalue weighted by atomic mass is 10.4. The number of carboxylic acid groups (broad SMARTS) is 1. The van der Waals surface area contributed by atoms with E-state index >= 15 is 0 Å². The molecule has 0 saturated carbocycles. The number of H-pyrrole nitrogens is 1. The Morgan fingerprint density at radius 2 is 2.47 bits per heavy atom. The zero-order valence-electron chi connectivity index (χ0n) is 7.49. The number of amides is 1. The Hall–Kier alpha value is -1.82. The maximum atomic E-state index is 10.3. The zero-order chi connectivity index (χ0) is 10.8. The molecule has 78 valence electrons. The Morgan fingerprint density at radius 1 is 1.67 bits per heavy atom. The summed E-state index contributed by atoms with van der Waals surface area (Å²) in [5.41, 5.74) is 1.65. The number of hydrogen-bond acceptors (Lipinski definition) is 3. The Morgan fingerprint density at radius 3 is 3.20 bits per heavy atom. The lowest BCUT2D eigenvalue weighted by Crippen LogP contribution is -2.20. The van der Waals surface area contributed by atoms with Crippen LogP contribution in [0.25, 0.3) is 11.2 Å². The third-order valence-electron chi connectivity index (χ3n) is 1.80. The Bertz CT molecular complexity index is 510. The van der Waals surface area contributed by atoms with Crippen molar-refractivity contribution in [2.45, 2.75) is 6.54 Å². The normalized spacial score (nSPS) is 10.5. The molecular formula is C8H7ClN4O2. The van der Waals surface area contributed by atoms with Gasteiger partial charge in [0.25, 0.3) is 0 Å². The Labute approximate surface area is 89.3 Å². The molecule has 0 saturated heterocycles. The van der Waals surface area contributed by atoms with Crippen molar-refractivity contribution >= 4 is 28.9 Å². The minimum Gasteiger partial charge on any atom is -0.465 e. The maximum Gasteiger partial charge on any atom is 0.404 e. The fourth-order valence-electron chi connectivity index (χ4n) is 1.15. The van der Waals surface area contributed by atoms with Crippen molar-refractivity contribution in [3.05, 3.63) is 23.1 Å². The summed E-state index contributed by atoms with van der Waals surface area (Å²) in [6.07, 6.45) is 1.98. The summed E-state index contributed by atoms with van der Waals surface area (Å²) in [5, 5.41) is 11.1. The monoisotopic (exact) mass is 226 g/mol. The van der Waals surface area contributed by atoms with Crippen LogP contribution in [0.3, 0.4) is 0 Å². The van der Waals surface area contributed by atoms with E-state index in [0.717, 1.165) is 0 Å². The van der Waals surface area contributed by atoms with Gasteiger partial charge in [-0.25, -0.2) is 14.8 Å². The highest BCUT2D eigenvalue weighted by molar-refractivity contribution is 6.34. The number of nitrogens with zero attached hydrogens (tertiary/aromatic N) is 2. The minimum atomic E-state index is -1.10. The van der Waals surface area contributed by atoms with E-state index in [1.807, 2.05) is 0 Å². The second-order valence-corrected chi connectivity index (χ2v) is 3.26. The van der Waals surface area contributed by atoms with Crippen molar-refractivity contribution < 1.29 is 9.90 Å². The van der Waals surface area contributed by atoms with Crippen LogP contribution in [0.2, 0.25) is 5.02 Å². The second-order valence-electron chi connectivity index (χ2n) is 2.85. The van der Waals surface area contributed by atoms with Gasteiger partial charge in [-0.05, 0) is 0 Å². The molecule has 2 aromatic heterocycles. The largest absolute Gasteiger partial charge is 0.465 e. The van der Waals surface area contributed by atoms with Crippen molar-refractivity contribution in [1.82, 2.24) is 20.3 Å². The maximum absolute atomic E-state index is 10.3. The van der Waals surface area contributed by atoms with Gasteiger partial charge in [0.2, 0.25) is 0 Å². The topological polar surface area (TPSA) is 90.9 Å². The average Bonchev–Trinajstić information content (AvgIpc) is 2.57. The number of aromatic nitrogens is 3. The van der Waals surface area contributed by atoms with Gasteiger partial charge in [0.05, 0.1) is 23.5 Å². The molecule has 0 atom stereocenters. The quantitative estimate of drug-likeness (QED) is 0.722. The van der Waals surface area contributed by atoms with Gasteiger partial charge in [0.1, 0.15) is 5.52 Å². The van der Waals surface area contributed by atoms with Crippen LogP contribution in [0.5, 0.6) is 0 Å². The van der Waals surface area contributed by atoms with Gasteiger partial charge >= 0.3 is 6.09 Å². The molecule has 0 fully saturated rings. The van der Waals surface area contributed by atoms with Crippen molar-refractivity contribution in [1.29, 1.82) is 0 Å². The lowest BCUT2D eigenvalue weighted by molar-refractivity contribution is 0.194. The number of nitrogens with one attached hydrogen (secondary N) is 2. The second kappa shape index (κ2) is 3.74. The van der Waals surface area contributed by atoms with Gasteiger partial charge in [0, 0.05) is 6.20 Å². The summed E-state index contributed by atoms with van der Waals surface area (Å²) in [6.45, 7) is 0.111. The van der Waals surface area contributed by atoms with Crippen LogP contribution in [-0.4, -0.2) is 26.2 Å². The standard InChI is InChI=1S/C8H7ClN4O2/c9-5-3-11-7-6(5)13-4(1-10-7)2-12-8(14)15/h1,3,12H,2H2,(H,10,11)(H,14,15). The Balaban J connectivity index is 2.29. The molecule has 0 radical (unpaired) electrons. The molecule has 0 unspecified atom stereocenters. The fourth-order valence-corrected chi connectivity index (χ4v) is 1.34. The molecule has 6 nitrogen and oxygen atoms in total. The van der Waals surface area contributed by atoms with Gasteiger partial charge in [0.15, 0.2) is 5.65 Å². The molecule has 3 N–H and O–H groups in total. The molecule has 2 heterocycles. The summed E-state index contributed by atoms with van der Waals surface area (Å²) >= 11 is 5.84. The number of rotatable bonds is 2. The lowest BCUT2D eigenvalue weighted by Gasteiger charge is -1.99. The molecule has 2 rings (SSSR count). The Kier molecular flexibility index (Phi) is 2.42. The summed E-state index contributed by atoms with van der Waals surface area (Å²) in [7, 11) is 0. The number of carbonyl (C=O) groups is 1. The van der Waals surface area contributed by atoms with Gasteiger partial charge in [-0.2, -0.15) is 0 Å². The van der Waals surface area contributed by atoms with E-state index in [-0.39, 0.29) is 6.54 Å². The molecule has 7 heteroatoms. The van der Waals surface area contributed by atoms with Crippen LogP contribution >= 0.6 is 11.6 Å². The zero-order valence-corrected chi connectivity index (χ0v) is 8.25. The molecule has 15 heavy (non-hydrogen) atoms. The smallest absolute Gasteiger partial charge is 0.404 e. The van der Waals surface area contributed by atoms with Crippen LogP contribution in [0.1, 0.15) is 5.69 Å². The molecule has 0 aliphatic carbocycles. The SMILES string of the molecule is O=C(O)NCc1cnc2[nH]cc(Cl)c2n1. The van der Waals surface area contributed by atoms with Gasteiger partial charge in [-0.1, -0.05) is 11.6 Å². The van der Waals surface area contributed by atoms with Gasteiger partial charge < -0.3 is 15.4 Å². The molecule has 0 aromatic carbocycles. The summed E-state index contributed by atoms with van der Waals surface area (Å²) < 4.78 is 0. The number of halogens is 1. The molecule has 0 bridgehead atoms. The first-order valence-corrected chi connectivity index (χ1v) is 4.50. The van der Waals surface area contributed by atoms with Gasteiger partial charge in [-0.15, -0.1) is 0 Å². The predicted octanol–water partition coefficient (Wildman–Crippen LogP) is 1.38. The molecule has 0 spiro atoms. The third-order valence-corrected chi connectivity index (χ3v) is 2.09. The molecule has 0 aliphatic heterocycles. The van der Waals surface area contributed by atoms with E-state index < -0.39 is 6.09 Å². The van der Waals surface area contributed by atoms with E-state index in [9.17, 15) is 4.79 Å².